The number of methoxy groups -OCH3 is 1. The molecular weight excluding hydrogens is 456 g/mol. The van der Waals surface area contributed by atoms with Crippen molar-refractivity contribution >= 4 is 23.3 Å². The minimum Gasteiger partial charge on any atom is -0.489 e. The summed E-state index contributed by atoms with van der Waals surface area (Å²) in [6.45, 7) is 9.30. The second kappa shape index (κ2) is 12.6. The van der Waals surface area contributed by atoms with Crippen molar-refractivity contribution in [1.82, 2.24) is 0 Å². The quantitative estimate of drug-likeness (QED) is 0.182. The van der Waals surface area contributed by atoms with Gasteiger partial charge in [-0.2, -0.15) is 0 Å². The predicted octanol–water partition coefficient (Wildman–Crippen LogP) is 5.39. The molecule has 2 rings (SSSR count). The van der Waals surface area contributed by atoms with E-state index in [4.69, 9.17) is 18.9 Å². The largest absolute Gasteiger partial charge is 0.489 e. The maximum Gasteiger partial charge on any atom is 0.337 e. The molecule has 190 valence electrons. The molecule has 0 aromatic heterocycles. The summed E-state index contributed by atoms with van der Waals surface area (Å²) in [7, 11) is 1.27. The molecule has 0 aliphatic rings. The predicted molar refractivity (Wildman–Crippen MR) is 131 cm³/mol. The third-order valence-electron chi connectivity index (χ3n) is 4.64. The minimum absolute atomic E-state index is 0.00337. The molecule has 35 heavy (non-hydrogen) atoms. The highest BCUT2D eigenvalue weighted by Crippen LogP contribution is 2.41. The molecular formula is C25H32N2O8. The van der Waals surface area contributed by atoms with Gasteiger partial charge in [0.25, 0.3) is 5.91 Å². The lowest BCUT2D eigenvalue weighted by molar-refractivity contribution is -0.386. The van der Waals surface area contributed by atoms with Gasteiger partial charge in [0.05, 0.1) is 47.7 Å². The van der Waals surface area contributed by atoms with Gasteiger partial charge in [-0.1, -0.05) is 13.3 Å². The van der Waals surface area contributed by atoms with Gasteiger partial charge in [-0.05, 0) is 58.4 Å². The number of amides is 1. The van der Waals surface area contributed by atoms with Gasteiger partial charge in [-0.15, -0.1) is 0 Å². The van der Waals surface area contributed by atoms with Gasteiger partial charge < -0.3 is 24.3 Å². The van der Waals surface area contributed by atoms with Crippen LogP contribution in [-0.4, -0.2) is 42.7 Å². The van der Waals surface area contributed by atoms with Crippen molar-refractivity contribution in [1.29, 1.82) is 0 Å². The van der Waals surface area contributed by atoms with Crippen LogP contribution in [-0.2, 0) is 4.74 Å². The highest BCUT2D eigenvalue weighted by Gasteiger charge is 2.28. The molecule has 2 aromatic rings. The Bertz CT molecular complexity index is 1070. The Kier molecular flexibility index (Phi) is 9.86. The lowest BCUT2D eigenvalue weighted by Crippen LogP contribution is -2.18. The number of hydrogen-bond acceptors (Lipinski definition) is 8. The molecule has 0 saturated carbocycles. The van der Waals surface area contributed by atoms with Gasteiger partial charge in [0, 0.05) is 6.07 Å². The Morgan fingerprint density at radius 2 is 1.71 bits per heavy atom. The Hall–Kier alpha value is -3.82. The normalized spacial score (nSPS) is 10.7. The smallest absolute Gasteiger partial charge is 0.337 e. The number of nitrogens with zero attached hydrogens (tertiary/aromatic N) is 1. The molecule has 0 radical (unpaired) electrons. The van der Waals surface area contributed by atoms with E-state index in [0.29, 0.717) is 12.1 Å². The van der Waals surface area contributed by atoms with Crippen molar-refractivity contribution in [2.45, 2.75) is 59.7 Å². The molecule has 0 bridgehead atoms. The lowest BCUT2D eigenvalue weighted by Gasteiger charge is -2.19. The van der Waals surface area contributed by atoms with E-state index in [-0.39, 0.29) is 46.8 Å². The summed E-state index contributed by atoms with van der Waals surface area (Å²) in [6.07, 6.45) is 0.889. The molecule has 0 fully saturated rings. The van der Waals surface area contributed by atoms with Crippen LogP contribution in [0.5, 0.6) is 17.2 Å². The van der Waals surface area contributed by atoms with E-state index in [1.165, 1.54) is 37.4 Å². The van der Waals surface area contributed by atoms with Crippen molar-refractivity contribution in [2.24, 2.45) is 0 Å². The van der Waals surface area contributed by atoms with Gasteiger partial charge in [0.1, 0.15) is 5.75 Å². The third kappa shape index (κ3) is 7.33. The number of anilines is 1. The van der Waals surface area contributed by atoms with Crippen LogP contribution in [0.3, 0.4) is 0 Å². The second-order valence-corrected chi connectivity index (χ2v) is 8.24. The van der Waals surface area contributed by atoms with Crippen LogP contribution in [0.1, 0.15) is 68.2 Å². The molecule has 0 aliphatic heterocycles. The fourth-order valence-corrected chi connectivity index (χ4v) is 3.10. The van der Waals surface area contributed by atoms with Crippen molar-refractivity contribution in [3.05, 3.63) is 51.6 Å². The van der Waals surface area contributed by atoms with Crippen LogP contribution in [0, 0.1) is 10.1 Å². The monoisotopic (exact) mass is 488 g/mol. The Morgan fingerprint density at radius 3 is 2.29 bits per heavy atom. The number of nitro benzene ring substituents is 1. The number of esters is 1. The van der Waals surface area contributed by atoms with E-state index in [0.717, 1.165) is 6.42 Å². The van der Waals surface area contributed by atoms with Gasteiger partial charge in [-0.25, -0.2) is 4.79 Å². The van der Waals surface area contributed by atoms with Crippen LogP contribution < -0.4 is 19.5 Å². The van der Waals surface area contributed by atoms with Crippen LogP contribution in [0.4, 0.5) is 11.4 Å². The summed E-state index contributed by atoms with van der Waals surface area (Å²) >= 11 is 0. The van der Waals surface area contributed by atoms with Crippen LogP contribution in [0.2, 0.25) is 0 Å². The fourth-order valence-electron chi connectivity index (χ4n) is 3.10. The summed E-state index contributed by atoms with van der Waals surface area (Å²) in [5.74, 6) is -0.969. The van der Waals surface area contributed by atoms with E-state index in [1.807, 2.05) is 20.8 Å². The van der Waals surface area contributed by atoms with Crippen LogP contribution in [0.15, 0.2) is 30.3 Å². The lowest BCUT2D eigenvalue weighted by atomic mass is 10.1. The highest BCUT2D eigenvalue weighted by atomic mass is 16.6. The zero-order chi connectivity index (χ0) is 26.1. The highest BCUT2D eigenvalue weighted by molar-refractivity contribution is 6.08. The molecule has 0 heterocycles. The average molecular weight is 489 g/mol. The van der Waals surface area contributed by atoms with Crippen LogP contribution >= 0.6 is 0 Å². The summed E-state index contributed by atoms with van der Waals surface area (Å²) in [6, 6.07) is 7.04. The fraction of sp³-hybridized carbons (Fsp3) is 0.440. The van der Waals surface area contributed by atoms with Crippen molar-refractivity contribution in [2.75, 3.05) is 19.0 Å². The van der Waals surface area contributed by atoms with Crippen LogP contribution in [0.25, 0.3) is 0 Å². The molecule has 0 atom stereocenters. The molecule has 1 amide bonds. The second-order valence-electron chi connectivity index (χ2n) is 8.24. The summed E-state index contributed by atoms with van der Waals surface area (Å²) < 4.78 is 22.1. The summed E-state index contributed by atoms with van der Waals surface area (Å²) in [5.41, 5.74) is 0.330. The molecule has 0 unspecified atom stereocenters. The van der Waals surface area contributed by atoms with Gasteiger partial charge in [0.2, 0.25) is 5.75 Å². The Balaban J connectivity index is 2.54. The molecule has 10 heteroatoms. The molecule has 2 aromatic carbocycles. The first-order valence-corrected chi connectivity index (χ1v) is 11.4. The van der Waals surface area contributed by atoms with Crippen molar-refractivity contribution < 1.29 is 33.5 Å². The Labute approximate surface area is 204 Å². The number of hydrogen-bond donors (Lipinski definition) is 1. The standard InChI is InChI=1S/C25H32N2O8/c1-7-8-13-33-22-18(10-12-20(27(30)31)23(22)35-16(4)5)24(28)26-19-11-9-17(25(29)32-6)14-21(19)34-15(2)3/h9-12,14-16H,7-8,13H2,1-6H3,(H,26,28). The first kappa shape index (κ1) is 27.4. The molecule has 0 aliphatic carbocycles. The van der Waals surface area contributed by atoms with Crippen molar-refractivity contribution in [3.63, 3.8) is 0 Å². The number of unbranched alkanes of at least 4 members (excludes halogenated alkanes) is 1. The van der Waals surface area contributed by atoms with Gasteiger partial charge >= 0.3 is 11.7 Å². The van der Waals surface area contributed by atoms with E-state index < -0.39 is 22.9 Å². The number of nitro groups is 1. The molecule has 0 spiro atoms. The summed E-state index contributed by atoms with van der Waals surface area (Å²) in [5, 5.41) is 14.4. The van der Waals surface area contributed by atoms with Gasteiger partial charge in [0.15, 0.2) is 5.75 Å². The average Bonchev–Trinajstić information content (AvgIpc) is 2.79. The number of carbonyl (C=O) groups excluding carboxylic acids is 2. The maximum atomic E-state index is 13.3. The zero-order valence-electron chi connectivity index (χ0n) is 20.9. The maximum absolute atomic E-state index is 13.3. The van der Waals surface area contributed by atoms with E-state index in [2.05, 4.69) is 5.32 Å². The minimum atomic E-state index is -0.584. The number of rotatable bonds is 12. The molecule has 10 nitrogen and oxygen atoms in total. The third-order valence-corrected chi connectivity index (χ3v) is 4.64. The van der Waals surface area contributed by atoms with Crippen molar-refractivity contribution in [3.8, 4) is 17.2 Å². The zero-order valence-corrected chi connectivity index (χ0v) is 20.9. The van der Waals surface area contributed by atoms with Gasteiger partial charge in [-0.3, -0.25) is 14.9 Å². The summed E-state index contributed by atoms with van der Waals surface area (Å²) in [4.78, 5) is 36.3. The number of ether oxygens (including phenoxy) is 4. The number of nitrogens with one attached hydrogen (secondary N) is 1. The van der Waals surface area contributed by atoms with E-state index in [1.54, 1.807) is 13.8 Å². The van der Waals surface area contributed by atoms with E-state index >= 15 is 0 Å². The topological polar surface area (TPSA) is 126 Å². The first-order valence-electron chi connectivity index (χ1n) is 11.4. The molecule has 1 N–H and O–H groups in total. The Morgan fingerprint density at radius 1 is 1.03 bits per heavy atom. The molecule has 0 saturated heterocycles. The first-order chi connectivity index (χ1) is 16.6. The number of carbonyl (C=O) groups is 2. The number of benzene rings is 2. The van der Waals surface area contributed by atoms with E-state index in [9.17, 15) is 19.7 Å². The SMILES string of the molecule is CCCCOc1c(C(=O)Nc2ccc(C(=O)OC)cc2OC(C)C)ccc([N+](=O)[O-])c1OC(C)C.